The largest absolute Gasteiger partial charge is 0.490 e. The number of aliphatic hydroxyl groups is 1. The topological polar surface area (TPSA) is 386 Å². The minimum atomic E-state index is -3.52. The molecule has 1 atom stereocenters. The first-order valence-electron chi connectivity index (χ1n) is 36.1. The fourth-order valence-corrected chi connectivity index (χ4v) is 13.4. The van der Waals surface area contributed by atoms with E-state index in [2.05, 4.69) is 56.3 Å². The SMILES string of the molecule is CC(=O)OCCOCCOCCOc1ccccc1-c1cc(-c2nc(Br)cnc2N(C)C)on1.CC1CCOCCOCCOc2ccccc2-c2cc(on2)-c2nc(cnc2N)-c2ccc(cc2)S1(=O)=O.CCS(=O)(=O)c1ccc(-c2cnc(N(C)C)c(-c3cc(-c4ccccc4OCCOCCOCCO)no3)n2)cc1. The first-order chi connectivity index (χ1) is 54.7. The third-order valence-electron chi connectivity index (χ3n) is 16.8. The molecule has 5 aromatic carbocycles. The lowest BCUT2D eigenvalue weighted by atomic mass is 10.1. The number of sulfone groups is 2. The Hall–Kier alpha value is -10.7. The van der Waals surface area contributed by atoms with Gasteiger partial charge in [0.25, 0.3) is 0 Å². The van der Waals surface area contributed by atoms with Gasteiger partial charge in [-0.1, -0.05) is 83.1 Å². The number of nitrogens with zero attached hydrogens (tertiary/aromatic N) is 11. The number of para-hydroxylation sites is 3. The van der Waals surface area contributed by atoms with E-state index in [4.69, 9.17) is 76.8 Å². The van der Waals surface area contributed by atoms with Gasteiger partial charge in [-0.3, -0.25) is 4.79 Å². The van der Waals surface area contributed by atoms with E-state index in [1.807, 2.05) is 117 Å². The molecule has 31 nitrogen and oxygen atoms in total. The van der Waals surface area contributed by atoms with Crippen molar-refractivity contribution in [1.29, 1.82) is 0 Å². The Morgan fingerprint density at radius 3 is 1.55 bits per heavy atom. The van der Waals surface area contributed by atoms with Gasteiger partial charge in [0.15, 0.2) is 71.5 Å². The molecular formula is C79H89BrN12O19S2. The standard InChI is InChI=1S/C29H34N4O7S.C27H28N4O6S.C23H27BrN4O6/c1-4-41(35,36)22-11-9-21(10-12-22)25-20-30-29(33(2)3)28(31-25)27-19-24(32-40-27)23-7-5-6-8-26(23)39-18-17-38-16-15-37-14-13-34;1-18-10-11-34-12-13-35-14-15-36-24-5-3-2-4-21(24)22-16-25(37-31-22)26-27(28)29-17-23(30-26)19-6-8-20(9-7-19)38(18,32)33;1-16(29)32-12-10-30-8-9-31-11-13-33-19-7-5-4-6-17(19)18-14-20(34-27-18)22-23(28(2)3)25-15-21(24)26-22/h5-12,19-20,34H,4,13-18H2,1-3H3;2-9,16-18H,10-15H2,1H3,(H2,28,29);4-7,14-15H,8-13H2,1-3H3. The van der Waals surface area contributed by atoms with E-state index >= 15 is 0 Å². The number of hydrogen-bond donors (Lipinski definition) is 2. The average Bonchev–Trinajstić information content (AvgIpc) is 1.52. The number of carbonyl (C=O) groups is 1. The summed E-state index contributed by atoms with van der Waals surface area (Å²) in [6.45, 7) is 10.4. The second-order valence-corrected chi connectivity index (χ2v) is 30.6. The van der Waals surface area contributed by atoms with Crippen LogP contribution in [0.2, 0.25) is 0 Å². The number of aromatic nitrogens is 9. The van der Waals surface area contributed by atoms with Crippen molar-refractivity contribution in [3.63, 3.8) is 0 Å². The summed E-state index contributed by atoms with van der Waals surface area (Å²) >= 11 is 3.36. The van der Waals surface area contributed by atoms with E-state index in [0.717, 1.165) is 22.3 Å². The van der Waals surface area contributed by atoms with Gasteiger partial charge >= 0.3 is 5.97 Å². The number of carbonyl (C=O) groups excluding carboxylic acids is 1. The van der Waals surface area contributed by atoms with Crippen LogP contribution >= 0.6 is 15.9 Å². The molecule has 11 aromatic rings. The van der Waals surface area contributed by atoms with Crippen LogP contribution in [0.4, 0.5) is 17.5 Å². The van der Waals surface area contributed by atoms with Gasteiger partial charge in [0.1, 0.15) is 65.4 Å². The third-order valence-corrected chi connectivity index (χ3v) is 21.1. The molecule has 1 unspecified atom stereocenters. The second kappa shape index (κ2) is 42.3. The summed E-state index contributed by atoms with van der Waals surface area (Å²) in [6.07, 6.45) is 5.18. The predicted octanol–water partition coefficient (Wildman–Crippen LogP) is 11.4. The maximum Gasteiger partial charge on any atom is 0.302 e. The zero-order valence-electron chi connectivity index (χ0n) is 63.5. The molecule has 598 valence electrons. The molecule has 3 N–H and O–H groups in total. The zero-order valence-corrected chi connectivity index (χ0v) is 66.7. The van der Waals surface area contributed by atoms with E-state index in [1.54, 1.807) is 86.9 Å². The highest BCUT2D eigenvalue weighted by molar-refractivity contribution is 9.10. The Morgan fingerprint density at radius 2 is 1.00 bits per heavy atom. The van der Waals surface area contributed by atoms with Gasteiger partial charge in [-0.25, -0.2) is 46.7 Å². The van der Waals surface area contributed by atoms with Crippen molar-refractivity contribution in [3.05, 3.63) is 163 Å². The Labute approximate surface area is 663 Å². The Kier molecular flexibility index (Phi) is 31.7. The highest BCUT2D eigenvalue weighted by Gasteiger charge is 2.26. The number of anilines is 3. The predicted molar refractivity (Wildman–Crippen MR) is 425 cm³/mol. The molecule has 0 amide bonds. The summed E-state index contributed by atoms with van der Waals surface area (Å²) in [6, 6.07) is 41.1. The fourth-order valence-electron chi connectivity index (χ4n) is 10.9. The quantitative estimate of drug-likeness (QED) is 0.0261. The van der Waals surface area contributed by atoms with Crippen molar-refractivity contribution in [2.24, 2.45) is 0 Å². The van der Waals surface area contributed by atoms with Gasteiger partial charge < -0.3 is 81.6 Å². The van der Waals surface area contributed by atoms with Crippen molar-refractivity contribution >= 4 is 59.0 Å². The van der Waals surface area contributed by atoms with Crippen molar-refractivity contribution in [1.82, 2.24) is 45.4 Å². The molecule has 0 fully saturated rings. The van der Waals surface area contributed by atoms with Crippen molar-refractivity contribution in [3.8, 4) is 108 Å². The van der Waals surface area contributed by atoms with Crippen molar-refractivity contribution in [2.45, 2.75) is 42.2 Å². The number of aliphatic hydroxyl groups excluding tert-OH is 1. The molecule has 13 rings (SSSR count). The van der Waals surface area contributed by atoms with Crippen LogP contribution in [-0.4, -0.2) is 225 Å². The maximum atomic E-state index is 13.0. The molecule has 2 aliphatic rings. The Bertz CT molecular complexity index is 5090. The average molecular weight is 1650 g/mol. The molecule has 0 saturated carbocycles. The summed E-state index contributed by atoms with van der Waals surface area (Å²) in [4.78, 5) is 42.1. The lowest BCUT2D eigenvalue weighted by Gasteiger charge is -2.15. The van der Waals surface area contributed by atoms with Gasteiger partial charge in [0.05, 0.1) is 130 Å². The van der Waals surface area contributed by atoms with Crippen LogP contribution in [0.15, 0.2) is 186 Å². The van der Waals surface area contributed by atoms with E-state index in [9.17, 15) is 21.6 Å². The fraction of sp³-hybridized carbons (Fsp3) is 0.342. The zero-order chi connectivity index (χ0) is 80.1. The number of ether oxygens (including phenoxy) is 10. The number of nitrogens with two attached hydrogens (primary N) is 1. The van der Waals surface area contributed by atoms with Crippen LogP contribution in [0.25, 0.3) is 90.6 Å². The number of halogens is 1. The number of esters is 1. The summed E-state index contributed by atoms with van der Waals surface area (Å²) in [5.74, 6) is 4.34. The van der Waals surface area contributed by atoms with E-state index in [1.165, 1.54) is 13.1 Å². The van der Waals surface area contributed by atoms with E-state index < -0.39 is 24.9 Å². The molecule has 113 heavy (non-hydrogen) atoms. The van der Waals surface area contributed by atoms with Crippen LogP contribution in [-0.2, 0) is 57.6 Å². The van der Waals surface area contributed by atoms with Crippen LogP contribution < -0.4 is 29.7 Å². The second-order valence-electron chi connectivity index (χ2n) is 25.2. The van der Waals surface area contributed by atoms with Gasteiger partial charge in [0.2, 0.25) is 0 Å². The normalized spacial score (nSPS) is 13.6. The van der Waals surface area contributed by atoms with Crippen LogP contribution in [0, 0.1) is 0 Å². The van der Waals surface area contributed by atoms with Crippen LogP contribution in [0.5, 0.6) is 17.2 Å². The highest BCUT2D eigenvalue weighted by Crippen LogP contribution is 2.39. The van der Waals surface area contributed by atoms with Crippen LogP contribution in [0.1, 0.15) is 27.2 Å². The monoisotopic (exact) mass is 1650 g/mol. The Balaban J connectivity index is 0.000000180. The molecule has 34 heteroatoms. The molecule has 2 aliphatic heterocycles. The number of fused-ring (bicyclic) bond motifs is 12. The number of benzene rings is 5. The molecule has 0 saturated heterocycles. The van der Waals surface area contributed by atoms with Crippen molar-refractivity contribution < 1.29 is 87.7 Å². The molecule has 0 aliphatic carbocycles. The molecule has 6 aromatic heterocycles. The molecule has 0 radical (unpaired) electrons. The highest BCUT2D eigenvalue weighted by atomic mass is 79.9. The van der Waals surface area contributed by atoms with Gasteiger partial charge in [-0.2, -0.15) is 0 Å². The summed E-state index contributed by atoms with van der Waals surface area (Å²) < 4.78 is 123. The first-order valence-corrected chi connectivity index (χ1v) is 40.0. The minimum absolute atomic E-state index is 0.0146. The molecule has 8 heterocycles. The van der Waals surface area contributed by atoms with Crippen molar-refractivity contribution in [2.75, 3.05) is 162 Å². The lowest BCUT2D eigenvalue weighted by Crippen LogP contribution is -2.20. The van der Waals surface area contributed by atoms with Gasteiger partial charge in [-0.05, 0) is 89.9 Å². The number of rotatable bonds is 28. The molecule has 0 spiro atoms. The van der Waals surface area contributed by atoms with E-state index in [0.29, 0.717) is 201 Å². The summed E-state index contributed by atoms with van der Waals surface area (Å²) in [7, 11) is 0.669. The van der Waals surface area contributed by atoms with Gasteiger partial charge in [-0.15, -0.1) is 0 Å². The van der Waals surface area contributed by atoms with Crippen LogP contribution in [0.3, 0.4) is 0 Å². The Morgan fingerprint density at radius 1 is 0.549 bits per heavy atom. The third kappa shape index (κ3) is 24.0. The summed E-state index contributed by atoms with van der Waals surface area (Å²) in [5, 5.41) is 20.8. The maximum absolute atomic E-state index is 13.0. The lowest BCUT2D eigenvalue weighted by molar-refractivity contribution is -0.142. The first kappa shape index (κ1) is 84.8. The number of hydrogen-bond acceptors (Lipinski definition) is 31. The summed E-state index contributed by atoms with van der Waals surface area (Å²) in [5.41, 5.74) is 14.1. The number of nitrogen functional groups attached to an aromatic ring is 1. The van der Waals surface area contributed by atoms with E-state index in [-0.39, 0.29) is 47.2 Å². The smallest absolute Gasteiger partial charge is 0.302 e. The van der Waals surface area contributed by atoms with Gasteiger partial charge in [0, 0.05) is 87.7 Å². The molecular weight excluding hydrogens is 1560 g/mol. The molecule has 6 bridgehead atoms. The minimum Gasteiger partial charge on any atom is -0.490 e.